The molecule has 0 spiro atoms. The van der Waals surface area contributed by atoms with E-state index in [4.69, 9.17) is 9.84 Å². The molecule has 1 aliphatic carbocycles. The number of phenols is 1. The second kappa shape index (κ2) is 6.04. The molecule has 1 aliphatic rings. The number of hydrogen-bond acceptors (Lipinski definition) is 7. The highest BCUT2D eigenvalue weighted by Crippen LogP contribution is 2.21. The Labute approximate surface area is 119 Å². The quantitative estimate of drug-likeness (QED) is 0.535. The van der Waals surface area contributed by atoms with Crippen LogP contribution in [0.4, 0.5) is 0 Å². The molecule has 0 unspecified atom stereocenters. The average molecular weight is 294 g/mol. The van der Waals surface area contributed by atoms with E-state index in [0.717, 1.165) is 12.1 Å². The Morgan fingerprint density at radius 2 is 2.00 bits per heavy atom. The molecular weight excluding hydrogens is 280 g/mol. The molecular formula is C14H14O7. The predicted molar refractivity (Wildman–Crippen MR) is 69.5 cm³/mol. The number of ether oxygens (including phenoxy) is 1. The molecule has 7 heteroatoms. The molecule has 0 fully saturated rings. The molecule has 0 radical (unpaired) electrons. The van der Waals surface area contributed by atoms with E-state index in [0.29, 0.717) is 0 Å². The monoisotopic (exact) mass is 294 g/mol. The highest BCUT2D eigenvalue weighted by Gasteiger charge is 2.40. The first-order valence-corrected chi connectivity index (χ1v) is 6.16. The number of esters is 1. The van der Waals surface area contributed by atoms with E-state index in [1.54, 1.807) is 0 Å². The van der Waals surface area contributed by atoms with Crippen molar-refractivity contribution in [1.82, 2.24) is 0 Å². The molecule has 0 saturated heterocycles. The first kappa shape index (κ1) is 15.2. The SMILES string of the molecule is O=C(O[C@H]1C(=O)C(CO)=C[C@@H](O)[C@@H]1O)c1cccc(O)c1. The van der Waals surface area contributed by atoms with Crippen molar-refractivity contribution < 1.29 is 34.8 Å². The molecule has 0 aliphatic heterocycles. The number of aliphatic hydroxyl groups excluding tert-OH is 3. The summed E-state index contributed by atoms with van der Waals surface area (Å²) in [5, 5.41) is 37.6. The lowest BCUT2D eigenvalue weighted by Gasteiger charge is -2.29. The maximum absolute atomic E-state index is 11.9. The van der Waals surface area contributed by atoms with Crippen LogP contribution < -0.4 is 0 Å². The summed E-state index contributed by atoms with van der Waals surface area (Å²) in [6.45, 7) is -0.636. The van der Waals surface area contributed by atoms with Crippen LogP contribution in [0.2, 0.25) is 0 Å². The van der Waals surface area contributed by atoms with Crippen LogP contribution in [0.15, 0.2) is 35.9 Å². The van der Waals surface area contributed by atoms with Crippen molar-refractivity contribution in [1.29, 1.82) is 0 Å². The highest BCUT2D eigenvalue weighted by atomic mass is 16.6. The minimum absolute atomic E-state index is 0.00964. The molecule has 112 valence electrons. The third kappa shape index (κ3) is 3.10. The van der Waals surface area contributed by atoms with Crippen LogP contribution >= 0.6 is 0 Å². The van der Waals surface area contributed by atoms with Gasteiger partial charge < -0.3 is 25.2 Å². The van der Waals surface area contributed by atoms with Crippen LogP contribution in [0.1, 0.15) is 10.4 Å². The Bertz CT molecular complexity index is 593. The molecule has 0 heterocycles. The fourth-order valence-electron chi connectivity index (χ4n) is 1.97. The van der Waals surface area contributed by atoms with E-state index < -0.39 is 36.7 Å². The normalized spacial score (nSPS) is 25.4. The Kier molecular flexibility index (Phi) is 4.37. The maximum Gasteiger partial charge on any atom is 0.339 e. The first-order valence-electron chi connectivity index (χ1n) is 6.16. The predicted octanol–water partition coefficient (Wildman–Crippen LogP) is -0.859. The van der Waals surface area contributed by atoms with E-state index >= 15 is 0 Å². The van der Waals surface area contributed by atoms with Gasteiger partial charge in [-0.1, -0.05) is 6.07 Å². The lowest BCUT2D eigenvalue weighted by Crippen LogP contribution is -2.49. The van der Waals surface area contributed by atoms with Gasteiger partial charge in [-0.2, -0.15) is 0 Å². The standard InChI is InChI=1S/C14H14O7/c15-6-8-5-10(17)12(19)13(11(8)18)21-14(20)7-2-1-3-9(16)4-7/h1-5,10,12-13,15-17,19H,6H2/t10-,12+,13+/m1/s1. The van der Waals surface area contributed by atoms with Crippen LogP contribution in [-0.4, -0.2) is 57.1 Å². The molecule has 0 amide bonds. The number of aromatic hydroxyl groups is 1. The average Bonchev–Trinajstić information content (AvgIpc) is 2.47. The highest BCUT2D eigenvalue weighted by molar-refractivity contribution is 6.02. The van der Waals surface area contributed by atoms with Crippen molar-refractivity contribution in [2.75, 3.05) is 6.61 Å². The number of phenolic OH excluding ortho intramolecular Hbond substituents is 1. The largest absolute Gasteiger partial charge is 0.508 e. The summed E-state index contributed by atoms with van der Waals surface area (Å²) >= 11 is 0. The molecule has 0 aromatic heterocycles. The number of hydrogen-bond donors (Lipinski definition) is 4. The zero-order valence-electron chi connectivity index (χ0n) is 10.8. The smallest absolute Gasteiger partial charge is 0.339 e. The zero-order chi connectivity index (χ0) is 15.6. The van der Waals surface area contributed by atoms with Gasteiger partial charge in [0.15, 0.2) is 6.10 Å². The molecule has 21 heavy (non-hydrogen) atoms. The fraction of sp³-hybridized carbons (Fsp3) is 0.286. The lowest BCUT2D eigenvalue weighted by atomic mass is 9.91. The number of benzene rings is 1. The number of rotatable bonds is 3. The Morgan fingerprint density at radius 1 is 1.29 bits per heavy atom. The first-order chi connectivity index (χ1) is 9.93. The van der Waals surface area contributed by atoms with Gasteiger partial charge >= 0.3 is 5.97 Å². The van der Waals surface area contributed by atoms with Crippen molar-refractivity contribution in [2.45, 2.75) is 18.3 Å². The summed E-state index contributed by atoms with van der Waals surface area (Å²) in [7, 11) is 0. The van der Waals surface area contributed by atoms with Crippen molar-refractivity contribution >= 4 is 11.8 Å². The van der Waals surface area contributed by atoms with Crippen LogP contribution in [0, 0.1) is 0 Å². The molecule has 1 aromatic carbocycles. The van der Waals surface area contributed by atoms with E-state index in [1.165, 1.54) is 18.2 Å². The van der Waals surface area contributed by atoms with E-state index in [2.05, 4.69) is 0 Å². The summed E-state index contributed by atoms with van der Waals surface area (Å²) in [6.07, 6.45) is -3.63. The Hall–Kier alpha value is -2.22. The Balaban J connectivity index is 2.20. The number of ketones is 1. The molecule has 4 N–H and O–H groups in total. The van der Waals surface area contributed by atoms with E-state index in [-0.39, 0.29) is 16.9 Å². The van der Waals surface area contributed by atoms with Crippen molar-refractivity contribution in [3.05, 3.63) is 41.5 Å². The lowest BCUT2D eigenvalue weighted by molar-refractivity contribution is -0.136. The van der Waals surface area contributed by atoms with Gasteiger partial charge in [-0.05, 0) is 24.3 Å². The molecule has 0 saturated carbocycles. The van der Waals surface area contributed by atoms with Gasteiger partial charge in [-0.25, -0.2) is 4.79 Å². The van der Waals surface area contributed by atoms with Gasteiger partial charge in [-0.15, -0.1) is 0 Å². The van der Waals surface area contributed by atoms with Gasteiger partial charge in [0.2, 0.25) is 5.78 Å². The van der Waals surface area contributed by atoms with Crippen molar-refractivity contribution in [3.63, 3.8) is 0 Å². The fourth-order valence-corrected chi connectivity index (χ4v) is 1.97. The minimum atomic E-state index is -1.62. The third-order valence-electron chi connectivity index (χ3n) is 3.09. The van der Waals surface area contributed by atoms with Gasteiger partial charge in [0, 0.05) is 5.57 Å². The van der Waals surface area contributed by atoms with E-state index in [1.807, 2.05) is 0 Å². The zero-order valence-corrected chi connectivity index (χ0v) is 10.8. The summed E-state index contributed by atoms with van der Waals surface area (Å²) in [6, 6.07) is 5.27. The van der Waals surface area contributed by atoms with Crippen LogP contribution in [0.3, 0.4) is 0 Å². The van der Waals surface area contributed by atoms with Gasteiger partial charge in [0.1, 0.15) is 18.0 Å². The number of carbonyl (C=O) groups is 2. The van der Waals surface area contributed by atoms with Gasteiger partial charge in [-0.3, -0.25) is 4.79 Å². The second-order valence-electron chi connectivity index (χ2n) is 4.57. The number of carbonyl (C=O) groups excluding carboxylic acids is 2. The number of Topliss-reactive ketones (excluding diaryl/α,β-unsaturated/α-hetero) is 1. The molecule has 2 rings (SSSR count). The van der Waals surface area contributed by atoms with E-state index in [9.17, 15) is 24.9 Å². The summed E-state index contributed by atoms with van der Waals surface area (Å²) in [4.78, 5) is 23.8. The summed E-state index contributed by atoms with van der Waals surface area (Å²) < 4.78 is 4.90. The summed E-state index contributed by atoms with van der Waals surface area (Å²) in [5.74, 6) is -1.87. The minimum Gasteiger partial charge on any atom is -0.508 e. The third-order valence-corrected chi connectivity index (χ3v) is 3.09. The molecule has 3 atom stereocenters. The molecule has 0 bridgehead atoms. The molecule has 1 aromatic rings. The van der Waals surface area contributed by atoms with Gasteiger partial charge in [0.05, 0.1) is 12.2 Å². The maximum atomic E-state index is 11.9. The van der Waals surface area contributed by atoms with Crippen molar-refractivity contribution in [3.8, 4) is 5.75 Å². The topological polar surface area (TPSA) is 124 Å². The van der Waals surface area contributed by atoms with Gasteiger partial charge in [0.25, 0.3) is 0 Å². The van der Waals surface area contributed by atoms with Crippen LogP contribution in [0.25, 0.3) is 0 Å². The Morgan fingerprint density at radius 3 is 2.62 bits per heavy atom. The van der Waals surface area contributed by atoms with Crippen molar-refractivity contribution in [2.24, 2.45) is 0 Å². The molecule has 7 nitrogen and oxygen atoms in total. The second-order valence-corrected chi connectivity index (χ2v) is 4.57. The summed E-state index contributed by atoms with van der Waals surface area (Å²) in [5.41, 5.74) is -0.147. The number of aliphatic hydroxyl groups is 3. The van der Waals surface area contributed by atoms with Crippen LogP contribution in [0.5, 0.6) is 5.75 Å². The van der Waals surface area contributed by atoms with Crippen LogP contribution in [-0.2, 0) is 9.53 Å².